The fourth-order valence-electron chi connectivity index (χ4n) is 2.00. The quantitative estimate of drug-likeness (QED) is 0.907. The van der Waals surface area contributed by atoms with Crippen LogP contribution in [0.3, 0.4) is 0 Å². The van der Waals surface area contributed by atoms with Gasteiger partial charge in [-0.1, -0.05) is 12.1 Å². The van der Waals surface area contributed by atoms with Crippen LogP contribution in [-0.2, 0) is 17.8 Å². The molecule has 0 spiro atoms. The lowest BCUT2D eigenvalue weighted by molar-refractivity contribution is -0.120. The van der Waals surface area contributed by atoms with E-state index < -0.39 is 0 Å². The van der Waals surface area contributed by atoms with Crippen LogP contribution in [0.25, 0.3) is 0 Å². The van der Waals surface area contributed by atoms with E-state index in [1.807, 2.05) is 0 Å². The lowest BCUT2D eigenvalue weighted by Crippen LogP contribution is -2.32. The highest BCUT2D eigenvalue weighted by molar-refractivity contribution is 5.78. The van der Waals surface area contributed by atoms with E-state index in [4.69, 9.17) is 0 Å². The number of carbonyl (C=O) groups is 1. The van der Waals surface area contributed by atoms with Crippen molar-refractivity contribution in [2.24, 2.45) is 0 Å². The number of nitrogens with zero attached hydrogens (tertiary/aromatic N) is 2. The maximum atomic E-state index is 12.8. The van der Waals surface area contributed by atoms with Crippen molar-refractivity contribution in [1.29, 1.82) is 0 Å². The number of hydrogen-bond donors (Lipinski definition) is 1. The molecule has 1 heterocycles. The van der Waals surface area contributed by atoms with Gasteiger partial charge in [-0.3, -0.25) is 14.2 Å². The molecule has 1 N–H and O–H groups in total. The second-order valence-corrected chi connectivity index (χ2v) is 5.11. The monoisotopic (exact) mass is 303 g/mol. The third-order valence-electron chi connectivity index (χ3n) is 3.47. The van der Waals surface area contributed by atoms with Crippen LogP contribution >= 0.6 is 0 Å². The fourth-order valence-corrected chi connectivity index (χ4v) is 2.00. The summed E-state index contributed by atoms with van der Waals surface area (Å²) in [6.45, 7) is 4.21. The molecule has 1 amide bonds. The number of rotatable bonds is 5. The first-order valence-corrected chi connectivity index (χ1v) is 7.01. The predicted molar refractivity (Wildman–Crippen MR) is 81.1 cm³/mol. The summed E-state index contributed by atoms with van der Waals surface area (Å²) >= 11 is 0. The first-order valence-electron chi connectivity index (χ1n) is 7.01. The first kappa shape index (κ1) is 15.9. The van der Waals surface area contributed by atoms with Gasteiger partial charge < -0.3 is 5.32 Å². The Hall–Kier alpha value is -2.50. The van der Waals surface area contributed by atoms with E-state index in [9.17, 15) is 14.0 Å². The Labute approximate surface area is 127 Å². The second kappa shape index (κ2) is 6.98. The Morgan fingerprint density at radius 3 is 2.64 bits per heavy atom. The highest BCUT2D eigenvalue weighted by Gasteiger charge is 2.06. The van der Waals surface area contributed by atoms with Gasteiger partial charge >= 0.3 is 0 Å². The summed E-state index contributed by atoms with van der Waals surface area (Å²) in [5.74, 6) is -0.498. The van der Waals surface area contributed by atoms with Crippen LogP contribution in [0.1, 0.15) is 16.8 Å². The van der Waals surface area contributed by atoms with Crippen molar-refractivity contribution in [3.8, 4) is 0 Å². The zero-order valence-corrected chi connectivity index (χ0v) is 12.6. The molecule has 0 atom stereocenters. The molecule has 6 heteroatoms. The Morgan fingerprint density at radius 1 is 1.27 bits per heavy atom. The third kappa shape index (κ3) is 4.00. The predicted octanol–water partition coefficient (Wildman–Crippen LogP) is 1.36. The summed E-state index contributed by atoms with van der Waals surface area (Å²) in [5, 5.41) is 2.74. The van der Waals surface area contributed by atoms with E-state index >= 15 is 0 Å². The Morgan fingerprint density at radius 2 is 1.95 bits per heavy atom. The maximum Gasteiger partial charge on any atom is 0.256 e. The van der Waals surface area contributed by atoms with Gasteiger partial charge in [-0.15, -0.1) is 0 Å². The number of halogens is 1. The molecule has 2 aromatic rings. The number of carbonyl (C=O) groups excluding carboxylic acids is 1. The van der Waals surface area contributed by atoms with E-state index in [2.05, 4.69) is 10.3 Å². The smallest absolute Gasteiger partial charge is 0.256 e. The van der Waals surface area contributed by atoms with Crippen molar-refractivity contribution < 1.29 is 9.18 Å². The first-order chi connectivity index (χ1) is 10.5. The fraction of sp³-hybridized carbons (Fsp3) is 0.312. The van der Waals surface area contributed by atoms with Crippen LogP contribution < -0.4 is 10.9 Å². The maximum absolute atomic E-state index is 12.8. The van der Waals surface area contributed by atoms with E-state index in [0.29, 0.717) is 24.3 Å². The zero-order valence-electron chi connectivity index (χ0n) is 12.6. The minimum absolute atomic E-state index is 0.0970. The molecule has 0 aliphatic carbocycles. The minimum Gasteiger partial charge on any atom is -0.354 e. The second-order valence-electron chi connectivity index (χ2n) is 5.11. The lowest BCUT2D eigenvalue weighted by atomic mass is 10.1. The molecule has 116 valence electrons. The molecule has 0 saturated heterocycles. The largest absolute Gasteiger partial charge is 0.354 e. The summed E-state index contributed by atoms with van der Waals surface area (Å²) in [6, 6.07) is 5.80. The topological polar surface area (TPSA) is 64.0 Å². The van der Waals surface area contributed by atoms with Crippen LogP contribution in [-0.4, -0.2) is 22.0 Å². The standard InChI is InChI=1S/C16H18FN3O2/c1-11-12(2)19-10-20(16(11)22)8-7-18-15(21)9-13-3-5-14(17)6-4-13/h3-6,10H,7-9H2,1-2H3,(H,18,21). The van der Waals surface area contributed by atoms with Gasteiger partial charge in [-0.25, -0.2) is 9.37 Å². The molecule has 1 aromatic heterocycles. The van der Waals surface area contributed by atoms with Crippen LogP contribution in [0.15, 0.2) is 35.4 Å². The average Bonchev–Trinajstić information content (AvgIpc) is 2.49. The van der Waals surface area contributed by atoms with Gasteiger partial charge in [0.15, 0.2) is 0 Å². The lowest BCUT2D eigenvalue weighted by Gasteiger charge is -2.09. The van der Waals surface area contributed by atoms with E-state index in [-0.39, 0.29) is 23.7 Å². The molecule has 5 nitrogen and oxygen atoms in total. The van der Waals surface area contributed by atoms with Crippen molar-refractivity contribution in [2.45, 2.75) is 26.8 Å². The van der Waals surface area contributed by atoms with Gasteiger partial charge in [-0.05, 0) is 31.5 Å². The molecule has 0 aliphatic rings. The normalized spacial score (nSPS) is 10.5. The molecular formula is C16H18FN3O2. The number of nitrogens with one attached hydrogen (secondary N) is 1. The zero-order chi connectivity index (χ0) is 16.1. The van der Waals surface area contributed by atoms with E-state index in [0.717, 1.165) is 5.56 Å². The van der Waals surface area contributed by atoms with Crippen LogP contribution in [0.5, 0.6) is 0 Å². The van der Waals surface area contributed by atoms with Crippen LogP contribution in [0.2, 0.25) is 0 Å². The van der Waals surface area contributed by atoms with Gasteiger partial charge in [0.1, 0.15) is 5.82 Å². The number of aromatic nitrogens is 2. The molecule has 0 aliphatic heterocycles. The SMILES string of the molecule is Cc1ncn(CCNC(=O)Cc2ccc(F)cc2)c(=O)c1C. The molecular weight excluding hydrogens is 285 g/mol. The van der Waals surface area contributed by atoms with E-state index in [1.54, 1.807) is 26.0 Å². The van der Waals surface area contributed by atoms with Crippen LogP contribution in [0.4, 0.5) is 4.39 Å². The number of amides is 1. The molecule has 0 fully saturated rings. The van der Waals surface area contributed by atoms with Crippen molar-refractivity contribution in [3.63, 3.8) is 0 Å². The molecule has 0 bridgehead atoms. The van der Waals surface area contributed by atoms with Gasteiger partial charge in [0.25, 0.3) is 5.56 Å². The molecule has 22 heavy (non-hydrogen) atoms. The van der Waals surface area contributed by atoms with Crippen molar-refractivity contribution in [1.82, 2.24) is 14.9 Å². The molecule has 0 unspecified atom stereocenters. The van der Waals surface area contributed by atoms with Gasteiger partial charge in [-0.2, -0.15) is 0 Å². The molecule has 0 radical (unpaired) electrons. The van der Waals surface area contributed by atoms with Crippen LogP contribution in [0, 0.1) is 19.7 Å². The summed E-state index contributed by atoms with van der Waals surface area (Å²) in [5.41, 5.74) is 1.96. The van der Waals surface area contributed by atoms with Gasteiger partial charge in [0.2, 0.25) is 5.91 Å². The Balaban J connectivity index is 1.86. The third-order valence-corrected chi connectivity index (χ3v) is 3.47. The van der Waals surface area contributed by atoms with Gasteiger partial charge in [0.05, 0.1) is 12.7 Å². The highest BCUT2D eigenvalue weighted by atomic mass is 19.1. The summed E-state index contributed by atoms with van der Waals surface area (Å²) in [6.07, 6.45) is 1.66. The minimum atomic E-state index is -0.328. The summed E-state index contributed by atoms with van der Waals surface area (Å²) < 4.78 is 14.2. The number of aryl methyl sites for hydroxylation is 1. The van der Waals surface area contributed by atoms with Crippen molar-refractivity contribution in [2.75, 3.05) is 6.54 Å². The average molecular weight is 303 g/mol. The highest BCUT2D eigenvalue weighted by Crippen LogP contribution is 2.03. The molecule has 2 rings (SSSR count). The van der Waals surface area contributed by atoms with Gasteiger partial charge in [0, 0.05) is 24.3 Å². The van der Waals surface area contributed by atoms with E-state index in [1.165, 1.54) is 23.0 Å². The number of benzene rings is 1. The van der Waals surface area contributed by atoms with Crippen molar-refractivity contribution >= 4 is 5.91 Å². The summed E-state index contributed by atoms with van der Waals surface area (Å²) in [7, 11) is 0. The Bertz CT molecular complexity index is 723. The molecule has 1 aromatic carbocycles. The Kier molecular flexibility index (Phi) is 5.04. The summed E-state index contributed by atoms with van der Waals surface area (Å²) in [4.78, 5) is 27.9. The number of hydrogen-bond acceptors (Lipinski definition) is 3. The van der Waals surface area contributed by atoms with Crippen molar-refractivity contribution in [3.05, 3.63) is 63.6 Å². The molecule has 0 saturated carbocycles.